The molecule has 0 spiro atoms. The summed E-state index contributed by atoms with van der Waals surface area (Å²) in [7, 11) is 1.92. The summed E-state index contributed by atoms with van der Waals surface area (Å²) < 4.78 is 7.54. The van der Waals surface area contributed by atoms with Crippen LogP contribution in [-0.4, -0.2) is 33.7 Å². The Hall–Kier alpha value is -1.97. The molecule has 0 unspecified atom stereocenters. The van der Waals surface area contributed by atoms with E-state index in [1.165, 1.54) is 0 Å². The van der Waals surface area contributed by atoms with Crippen LogP contribution in [0.25, 0.3) is 0 Å². The van der Waals surface area contributed by atoms with Crippen LogP contribution in [0.1, 0.15) is 5.56 Å². The Morgan fingerprint density at radius 1 is 1.35 bits per heavy atom. The average Bonchev–Trinajstić information content (AvgIpc) is 2.88. The van der Waals surface area contributed by atoms with Gasteiger partial charge >= 0.3 is 0 Å². The number of thioether (sulfide) groups is 1. The van der Waals surface area contributed by atoms with Gasteiger partial charge in [-0.05, 0) is 24.3 Å². The van der Waals surface area contributed by atoms with E-state index in [-0.39, 0.29) is 0 Å². The molecule has 1 heterocycles. The fourth-order valence-corrected chi connectivity index (χ4v) is 2.19. The van der Waals surface area contributed by atoms with E-state index in [0.717, 1.165) is 22.2 Å². The molecule has 0 aliphatic heterocycles. The molecule has 0 aliphatic carbocycles. The second kappa shape index (κ2) is 7.58. The fourth-order valence-electron chi connectivity index (χ4n) is 1.48. The van der Waals surface area contributed by atoms with Gasteiger partial charge in [-0.25, -0.2) is 0 Å². The summed E-state index contributed by atoms with van der Waals surface area (Å²) in [4.78, 5) is 0. The van der Waals surface area contributed by atoms with Gasteiger partial charge in [0.25, 0.3) is 0 Å². The lowest BCUT2D eigenvalue weighted by Crippen LogP contribution is -2.01. The van der Waals surface area contributed by atoms with Gasteiger partial charge in [0.1, 0.15) is 12.1 Å². The fraction of sp³-hybridized carbons (Fsp3) is 0.286. The Morgan fingerprint density at radius 2 is 2.15 bits per heavy atom. The topological polar surface area (TPSA) is 66.0 Å². The molecule has 0 amide bonds. The van der Waals surface area contributed by atoms with Crippen LogP contribution in [0.15, 0.2) is 35.7 Å². The summed E-state index contributed by atoms with van der Waals surface area (Å²) in [6.45, 7) is 0.989. The van der Waals surface area contributed by atoms with E-state index < -0.39 is 0 Å². The van der Waals surface area contributed by atoms with E-state index in [4.69, 9.17) is 10.5 Å². The van der Waals surface area contributed by atoms with Crippen LogP contribution in [-0.2, 0) is 7.05 Å². The zero-order valence-electron chi connectivity index (χ0n) is 11.2. The number of hydrogen-bond acceptors (Lipinski definition) is 5. The molecule has 0 aliphatic rings. The van der Waals surface area contributed by atoms with Gasteiger partial charge in [0.15, 0.2) is 5.16 Å². The van der Waals surface area contributed by atoms with E-state index in [9.17, 15) is 0 Å². The van der Waals surface area contributed by atoms with Crippen molar-refractivity contribution < 1.29 is 4.74 Å². The number of aryl methyl sites for hydroxylation is 1. The van der Waals surface area contributed by atoms with Crippen molar-refractivity contribution in [3.8, 4) is 17.6 Å². The van der Waals surface area contributed by atoms with Gasteiger partial charge in [-0.2, -0.15) is 0 Å². The molecule has 0 bridgehead atoms. The van der Waals surface area contributed by atoms with E-state index in [2.05, 4.69) is 22.0 Å². The predicted octanol–water partition coefficient (Wildman–Crippen LogP) is 1.30. The molecule has 5 nitrogen and oxygen atoms in total. The predicted molar refractivity (Wildman–Crippen MR) is 79.6 cm³/mol. The molecule has 2 N–H and O–H groups in total. The normalized spacial score (nSPS) is 9.90. The van der Waals surface area contributed by atoms with Gasteiger partial charge in [0.2, 0.25) is 0 Å². The lowest BCUT2D eigenvalue weighted by Gasteiger charge is -2.05. The van der Waals surface area contributed by atoms with Crippen molar-refractivity contribution in [2.45, 2.75) is 5.16 Å². The molecule has 0 atom stereocenters. The lowest BCUT2D eigenvalue weighted by atomic mass is 10.2. The molecule has 2 rings (SSSR count). The van der Waals surface area contributed by atoms with Crippen LogP contribution in [0, 0.1) is 11.8 Å². The average molecular weight is 288 g/mol. The summed E-state index contributed by atoms with van der Waals surface area (Å²) in [5, 5.41) is 8.71. The van der Waals surface area contributed by atoms with Crippen molar-refractivity contribution >= 4 is 11.8 Å². The molecule has 1 aromatic carbocycles. The van der Waals surface area contributed by atoms with Crippen LogP contribution in [0.3, 0.4) is 0 Å². The van der Waals surface area contributed by atoms with E-state index >= 15 is 0 Å². The molecular formula is C14H16N4OS. The number of hydrogen-bond donors (Lipinski definition) is 1. The Bertz CT molecular complexity index is 598. The molecule has 0 saturated heterocycles. The Labute approximate surface area is 122 Å². The SMILES string of the molecule is Cn1cnnc1SCCOc1ccc(C#CCN)cc1. The van der Waals surface area contributed by atoms with Crippen molar-refractivity contribution in [1.82, 2.24) is 14.8 Å². The number of rotatable bonds is 5. The molecule has 0 fully saturated rings. The Kier molecular flexibility index (Phi) is 5.47. The van der Waals surface area contributed by atoms with Gasteiger partial charge < -0.3 is 15.0 Å². The first-order chi connectivity index (χ1) is 9.79. The number of ether oxygens (including phenoxy) is 1. The second-order valence-electron chi connectivity index (χ2n) is 3.95. The van der Waals surface area contributed by atoms with E-state index in [0.29, 0.717) is 13.2 Å². The summed E-state index contributed by atoms with van der Waals surface area (Å²) >= 11 is 1.62. The maximum absolute atomic E-state index is 5.65. The monoisotopic (exact) mass is 288 g/mol. The summed E-state index contributed by atoms with van der Waals surface area (Å²) in [5.74, 6) is 7.44. The molecule has 1 aromatic heterocycles. The van der Waals surface area contributed by atoms with E-state index in [1.54, 1.807) is 18.1 Å². The minimum atomic E-state index is 0.373. The van der Waals surface area contributed by atoms with Crippen molar-refractivity contribution in [3.05, 3.63) is 36.2 Å². The quantitative estimate of drug-likeness (QED) is 0.510. The minimum absolute atomic E-state index is 0.373. The van der Waals surface area contributed by atoms with Gasteiger partial charge in [0, 0.05) is 18.4 Å². The Balaban J connectivity index is 1.75. The van der Waals surface area contributed by atoms with Gasteiger partial charge in [0.05, 0.1) is 13.2 Å². The molecular weight excluding hydrogens is 272 g/mol. The maximum Gasteiger partial charge on any atom is 0.190 e. The van der Waals surface area contributed by atoms with Gasteiger partial charge in [-0.3, -0.25) is 0 Å². The van der Waals surface area contributed by atoms with Crippen molar-refractivity contribution in [3.63, 3.8) is 0 Å². The summed E-state index contributed by atoms with van der Waals surface area (Å²) in [5.41, 5.74) is 6.27. The number of aromatic nitrogens is 3. The number of nitrogens with zero attached hydrogens (tertiary/aromatic N) is 3. The molecule has 20 heavy (non-hydrogen) atoms. The highest BCUT2D eigenvalue weighted by molar-refractivity contribution is 7.99. The van der Waals surface area contributed by atoms with Gasteiger partial charge in [-0.1, -0.05) is 23.6 Å². The third kappa shape index (κ3) is 4.30. The van der Waals surface area contributed by atoms with E-state index in [1.807, 2.05) is 35.9 Å². The first-order valence-corrected chi connectivity index (χ1v) is 7.17. The maximum atomic E-state index is 5.65. The van der Waals surface area contributed by atoms with Crippen molar-refractivity contribution in [2.75, 3.05) is 18.9 Å². The number of nitrogens with two attached hydrogens (primary N) is 1. The molecule has 0 radical (unpaired) electrons. The number of benzene rings is 1. The van der Waals surface area contributed by atoms with Crippen molar-refractivity contribution in [1.29, 1.82) is 0 Å². The van der Waals surface area contributed by atoms with Crippen molar-refractivity contribution in [2.24, 2.45) is 12.8 Å². The smallest absolute Gasteiger partial charge is 0.190 e. The van der Waals surface area contributed by atoms with Crippen LogP contribution >= 0.6 is 11.8 Å². The first kappa shape index (κ1) is 14.4. The molecule has 104 valence electrons. The van der Waals surface area contributed by atoms with Crippen LogP contribution in [0.5, 0.6) is 5.75 Å². The molecule has 0 saturated carbocycles. The highest BCUT2D eigenvalue weighted by atomic mass is 32.2. The zero-order valence-corrected chi connectivity index (χ0v) is 12.1. The molecule has 2 aromatic rings. The third-order valence-corrected chi connectivity index (χ3v) is 3.44. The second-order valence-corrected chi connectivity index (χ2v) is 5.01. The minimum Gasteiger partial charge on any atom is -0.493 e. The standard InChI is InChI=1S/C14H16N4OS/c1-18-11-16-17-14(18)20-10-9-19-13-6-4-12(5-7-13)3-2-8-15/h4-7,11H,8-10,15H2,1H3. The van der Waals surface area contributed by atoms with Crippen LogP contribution in [0.2, 0.25) is 0 Å². The third-order valence-electron chi connectivity index (χ3n) is 2.44. The van der Waals surface area contributed by atoms with Gasteiger partial charge in [-0.15, -0.1) is 10.2 Å². The summed E-state index contributed by atoms with van der Waals surface area (Å²) in [6.07, 6.45) is 1.68. The highest BCUT2D eigenvalue weighted by Gasteiger charge is 2.01. The molecule has 6 heteroatoms. The Morgan fingerprint density at radius 3 is 2.80 bits per heavy atom. The highest BCUT2D eigenvalue weighted by Crippen LogP contribution is 2.15. The summed E-state index contributed by atoms with van der Waals surface area (Å²) in [6, 6.07) is 7.67. The lowest BCUT2D eigenvalue weighted by molar-refractivity contribution is 0.344. The first-order valence-electron chi connectivity index (χ1n) is 6.18. The zero-order chi connectivity index (χ0) is 14.2. The van der Waals surface area contributed by atoms with Crippen LogP contribution in [0.4, 0.5) is 0 Å². The largest absolute Gasteiger partial charge is 0.493 e. The van der Waals surface area contributed by atoms with Crippen LogP contribution < -0.4 is 10.5 Å².